The fourth-order valence-electron chi connectivity index (χ4n) is 2.51. The Bertz CT molecular complexity index is 1020. The molecule has 3 rings (SSSR count). The van der Waals surface area contributed by atoms with E-state index in [1.165, 1.54) is 17.3 Å². The molecule has 2 N–H and O–H groups in total. The summed E-state index contributed by atoms with van der Waals surface area (Å²) in [5.41, 5.74) is 2.79. The van der Waals surface area contributed by atoms with Crippen molar-refractivity contribution in [1.82, 2.24) is 20.1 Å². The molecule has 7 nitrogen and oxygen atoms in total. The molecule has 3 aromatic rings. The van der Waals surface area contributed by atoms with E-state index in [1.54, 1.807) is 6.07 Å². The van der Waals surface area contributed by atoms with E-state index in [-0.39, 0.29) is 24.1 Å². The fourth-order valence-corrected chi connectivity index (χ4v) is 3.64. The monoisotopic (exact) mass is 473 g/mol. The molecule has 0 bridgehead atoms. The van der Waals surface area contributed by atoms with Gasteiger partial charge in [-0.25, -0.2) is 0 Å². The summed E-state index contributed by atoms with van der Waals surface area (Å²) in [4.78, 5) is 24.1. The molecular formula is C20H20BrN5O2S. The fraction of sp³-hybridized carbons (Fsp3) is 0.200. The highest BCUT2D eigenvalue weighted by atomic mass is 79.9. The van der Waals surface area contributed by atoms with Crippen LogP contribution in [-0.2, 0) is 16.6 Å². The number of para-hydroxylation sites is 1. The third-order valence-electron chi connectivity index (χ3n) is 4.07. The van der Waals surface area contributed by atoms with Crippen LogP contribution in [0.25, 0.3) is 11.4 Å². The van der Waals surface area contributed by atoms with Crippen LogP contribution in [0.5, 0.6) is 0 Å². The lowest BCUT2D eigenvalue weighted by molar-refractivity contribution is -0.122. The lowest BCUT2D eigenvalue weighted by Gasteiger charge is -2.08. The van der Waals surface area contributed by atoms with Crippen LogP contribution in [0.2, 0.25) is 0 Å². The standard InChI is InChI=1S/C20H20BrN5O2S/c1-13-7-9-14(10-8-13)19-24-25-20(26(19)2)29-12-18(28)22-11-17(27)23-16-6-4-3-5-15(16)21/h3-10H,11-12H2,1-2H3,(H,22,28)(H,23,27). The molecule has 0 spiro atoms. The zero-order chi connectivity index (χ0) is 20.8. The van der Waals surface area contributed by atoms with E-state index in [0.717, 1.165) is 15.9 Å². The number of nitrogens with zero attached hydrogens (tertiary/aromatic N) is 3. The molecule has 0 atom stereocenters. The summed E-state index contributed by atoms with van der Waals surface area (Å²) < 4.78 is 2.63. The summed E-state index contributed by atoms with van der Waals surface area (Å²) in [6, 6.07) is 15.3. The third-order valence-corrected chi connectivity index (χ3v) is 5.78. The average Bonchev–Trinajstić information content (AvgIpc) is 3.07. The summed E-state index contributed by atoms with van der Waals surface area (Å²) in [6.45, 7) is 1.92. The van der Waals surface area contributed by atoms with E-state index in [2.05, 4.69) is 36.8 Å². The van der Waals surface area contributed by atoms with Crippen molar-refractivity contribution in [3.63, 3.8) is 0 Å². The number of nitrogens with one attached hydrogen (secondary N) is 2. The van der Waals surface area contributed by atoms with E-state index in [1.807, 2.05) is 61.0 Å². The van der Waals surface area contributed by atoms with Crippen LogP contribution in [0.3, 0.4) is 0 Å². The van der Waals surface area contributed by atoms with Crippen LogP contribution in [0.15, 0.2) is 58.2 Å². The number of rotatable bonds is 7. The highest BCUT2D eigenvalue weighted by Crippen LogP contribution is 2.23. The van der Waals surface area contributed by atoms with Crippen molar-refractivity contribution in [2.24, 2.45) is 7.05 Å². The molecule has 2 aromatic carbocycles. The Kier molecular flexibility index (Phi) is 7.05. The molecule has 29 heavy (non-hydrogen) atoms. The zero-order valence-electron chi connectivity index (χ0n) is 16.0. The normalized spacial score (nSPS) is 10.6. The van der Waals surface area contributed by atoms with Gasteiger partial charge in [-0.3, -0.25) is 9.59 Å². The van der Waals surface area contributed by atoms with Crippen molar-refractivity contribution in [3.05, 3.63) is 58.6 Å². The summed E-state index contributed by atoms with van der Waals surface area (Å²) in [7, 11) is 1.86. The van der Waals surface area contributed by atoms with Gasteiger partial charge < -0.3 is 15.2 Å². The van der Waals surface area contributed by atoms with E-state index in [0.29, 0.717) is 10.8 Å². The van der Waals surface area contributed by atoms with Gasteiger partial charge in [0.1, 0.15) is 0 Å². The number of carbonyl (C=O) groups is 2. The number of aryl methyl sites for hydroxylation is 1. The number of carbonyl (C=O) groups excluding carboxylic acids is 2. The van der Waals surface area contributed by atoms with Crippen LogP contribution < -0.4 is 10.6 Å². The van der Waals surface area contributed by atoms with Gasteiger partial charge in [-0.1, -0.05) is 53.7 Å². The third kappa shape index (κ3) is 5.68. The molecule has 0 radical (unpaired) electrons. The molecule has 0 unspecified atom stereocenters. The molecule has 0 aliphatic carbocycles. The molecule has 0 aliphatic rings. The minimum atomic E-state index is -0.296. The molecule has 1 aromatic heterocycles. The van der Waals surface area contributed by atoms with Gasteiger partial charge in [0.15, 0.2) is 11.0 Å². The number of benzene rings is 2. The van der Waals surface area contributed by atoms with Gasteiger partial charge in [0.25, 0.3) is 0 Å². The first-order valence-corrected chi connectivity index (χ1v) is 10.6. The van der Waals surface area contributed by atoms with E-state index < -0.39 is 0 Å². The van der Waals surface area contributed by atoms with Crippen molar-refractivity contribution in [3.8, 4) is 11.4 Å². The van der Waals surface area contributed by atoms with Crippen LogP contribution >= 0.6 is 27.7 Å². The number of hydrogen-bond acceptors (Lipinski definition) is 5. The van der Waals surface area contributed by atoms with E-state index in [9.17, 15) is 9.59 Å². The Labute approximate surface area is 181 Å². The molecule has 2 amide bonds. The Morgan fingerprint density at radius 2 is 1.79 bits per heavy atom. The van der Waals surface area contributed by atoms with Crippen LogP contribution in [-0.4, -0.2) is 38.9 Å². The second-order valence-electron chi connectivity index (χ2n) is 6.32. The molecule has 0 saturated carbocycles. The first kappa shape index (κ1) is 21.1. The number of anilines is 1. The number of aromatic nitrogens is 3. The summed E-state index contributed by atoms with van der Waals surface area (Å²) >= 11 is 4.63. The maximum Gasteiger partial charge on any atom is 0.243 e. The second kappa shape index (κ2) is 9.71. The quantitative estimate of drug-likeness (QED) is 0.513. The van der Waals surface area contributed by atoms with Gasteiger partial charge in [0.2, 0.25) is 11.8 Å². The van der Waals surface area contributed by atoms with Crippen LogP contribution in [0, 0.1) is 6.92 Å². The first-order valence-electron chi connectivity index (χ1n) is 8.84. The second-order valence-corrected chi connectivity index (χ2v) is 8.12. The summed E-state index contributed by atoms with van der Waals surface area (Å²) in [5, 5.41) is 14.4. The highest BCUT2D eigenvalue weighted by Gasteiger charge is 2.13. The number of thioether (sulfide) groups is 1. The lowest BCUT2D eigenvalue weighted by atomic mass is 10.1. The Morgan fingerprint density at radius 1 is 1.07 bits per heavy atom. The number of hydrogen-bond donors (Lipinski definition) is 2. The molecule has 0 fully saturated rings. The molecular weight excluding hydrogens is 454 g/mol. The SMILES string of the molecule is Cc1ccc(-c2nnc(SCC(=O)NCC(=O)Nc3ccccc3Br)n2C)cc1. The van der Waals surface area contributed by atoms with Crippen molar-refractivity contribution in [1.29, 1.82) is 0 Å². The smallest absolute Gasteiger partial charge is 0.243 e. The van der Waals surface area contributed by atoms with Crippen LogP contribution in [0.1, 0.15) is 5.56 Å². The minimum absolute atomic E-state index is 0.103. The van der Waals surface area contributed by atoms with E-state index in [4.69, 9.17) is 0 Å². The Balaban J connectivity index is 1.49. The van der Waals surface area contributed by atoms with Gasteiger partial charge in [-0.15, -0.1) is 10.2 Å². The minimum Gasteiger partial charge on any atom is -0.346 e. The molecule has 150 valence electrons. The Hall–Kier alpha value is -2.65. The van der Waals surface area contributed by atoms with Gasteiger partial charge in [-0.05, 0) is 35.0 Å². The van der Waals surface area contributed by atoms with Gasteiger partial charge in [0, 0.05) is 17.1 Å². The molecule has 1 heterocycles. The maximum absolute atomic E-state index is 12.1. The molecule has 0 aliphatic heterocycles. The predicted octanol–water partition coefficient (Wildman–Crippen LogP) is 3.40. The molecule has 9 heteroatoms. The van der Waals surface area contributed by atoms with Crippen molar-refractivity contribution < 1.29 is 9.59 Å². The number of halogens is 1. The predicted molar refractivity (Wildman–Crippen MR) is 118 cm³/mol. The van der Waals surface area contributed by atoms with Crippen molar-refractivity contribution in [2.45, 2.75) is 12.1 Å². The summed E-state index contributed by atoms with van der Waals surface area (Å²) in [6.07, 6.45) is 0. The summed E-state index contributed by atoms with van der Waals surface area (Å²) in [5.74, 6) is 0.329. The van der Waals surface area contributed by atoms with Crippen molar-refractivity contribution in [2.75, 3.05) is 17.6 Å². The van der Waals surface area contributed by atoms with E-state index >= 15 is 0 Å². The van der Waals surface area contributed by atoms with Gasteiger partial charge in [0.05, 0.1) is 18.0 Å². The topological polar surface area (TPSA) is 88.9 Å². The first-order chi connectivity index (χ1) is 13.9. The Morgan fingerprint density at radius 3 is 2.52 bits per heavy atom. The average molecular weight is 474 g/mol. The zero-order valence-corrected chi connectivity index (χ0v) is 18.4. The molecule has 0 saturated heterocycles. The highest BCUT2D eigenvalue weighted by molar-refractivity contribution is 9.10. The maximum atomic E-state index is 12.1. The number of amides is 2. The van der Waals surface area contributed by atoms with Crippen LogP contribution in [0.4, 0.5) is 5.69 Å². The lowest BCUT2D eigenvalue weighted by Crippen LogP contribution is -2.34. The largest absolute Gasteiger partial charge is 0.346 e. The van der Waals surface area contributed by atoms with Crippen molar-refractivity contribution >= 4 is 45.2 Å². The van der Waals surface area contributed by atoms with Gasteiger partial charge >= 0.3 is 0 Å². The van der Waals surface area contributed by atoms with Gasteiger partial charge in [-0.2, -0.15) is 0 Å².